The molecule has 1 amide bonds. The zero-order valence-electron chi connectivity index (χ0n) is 16.6. The molecule has 6 nitrogen and oxygen atoms in total. The number of hydrazone groups is 1. The minimum absolute atomic E-state index is 0.0965. The van der Waals surface area contributed by atoms with Crippen LogP contribution in [0.4, 0.5) is 0 Å². The van der Waals surface area contributed by atoms with Crippen molar-refractivity contribution in [3.05, 3.63) is 86.3 Å². The maximum atomic E-state index is 12.5. The summed E-state index contributed by atoms with van der Waals surface area (Å²) in [7, 11) is 0. The van der Waals surface area contributed by atoms with Crippen molar-refractivity contribution in [3.63, 3.8) is 0 Å². The van der Waals surface area contributed by atoms with Gasteiger partial charge in [-0.3, -0.25) is 4.79 Å². The fraction of sp³-hybridized carbons (Fsp3) is 0.130. The smallest absolute Gasteiger partial charge is 0.271 e. The van der Waals surface area contributed by atoms with Gasteiger partial charge in [-0.2, -0.15) is 5.10 Å². The van der Waals surface area contributed by atoms with Gasteiger partial charge in [-0.05, 0) is 80.2 Å². The molecule has 3 rings (SSSR count). The van der Waals surface area contributed by atoms with Crippen molar-refractivity contribution in [2.45, 2.75) is 13.5 Å². The molecule has 0 aliphatic heterocycles. The van der Waals surface area contributed by atoms with Crippen LogP contribution in [0.3, 0.4) is 0 Å². The quantitative estimate of drug-likeness (QED) is 0.282. The Kier molecular flexibility index (Phi) is 8.08. The lowest BCUT2D eigenvalue weighted by Crippen LogP contribution is -2.17. The molecule has 0 bridgehead atoms. The number of carbonyl (C=O) groups excluding carboxylic acids is 1. The summed E-state index contributed by atoms with van der Waals surface area (Å²) in [6, 6.07) is 18.2. The molecule has 0 saturated heterocycles. The number of hydrogen-bond acceptors (Lipinski definition) is 5. The molecule has 0 aliphatic rings. The second-order valence-electron chi connectivity index (χ2n) is 6.40. The standard InChI is InChI=1S/C23H20Br2N2O4/c1-2-30-21-12-17(8-9-20(21)31-14-15-6-4-3-5-7-15)23(29)27-26-13-16-10-18(24)22(28)19(25)11-16/h3-13,28H,2,14H2,1H3,(H,27,29)/b26-13+. The Labute approximate surface area is 197 Å². The van der Waals surface area contributed by atoms with Crippen LogP contribution in [0.5, 0.6) is 17.2 Å². The van der Waals surface area contributed by atoms with Gasteiger partial charge in [-0.1, -0.05) is 30.3 Å². The summed E-state index contributed by atoms with van der Waals surface area (Å²) in [5.41, 5.74) is 4.61. The van der Waals surface area contributed by atoms with Crippen molar-refractivity contribution in [2.75, 3.05) is 6.61 Å². The average Bonchev–Trinajstić information content (AvgIpc) is 2.77. The van der Waals surface area contributed by atoms with Gasteiger partial charge in [0.15, 0.2) is 11.5 Å². The molecular formula is C23H20Br2N2O4. The number of aromatic hydroxyl groups is 1. The SMILES string of the molecule is CCOc1cc(C(=O)N/N=C/c2cc(Br)c(O)c(Br)c2)ccc1OCc1ccccc1. The number of rotatable bonds is 8. The van der Waals surface area contributed by atoms with Gasteiger partial charge in [0.05, 0.1) is 21.8 Å². The maximum absolute atomic E-state index is 12.5. The monoisotopic (exact) mass is 546 g/mol. The third-order valence-corrected chi connectivity index (χ3v) is 5.37. The molecule has 160 valence electrons. The Morgan fingerprint density at radius 3 is 2.42 bits per heavy atom. The molecule has 0 radical (unpaired) electrons. The number of amides is 1. The number of halogens is 2. The Bertz CT molecular complexity index is 1070. The first-order valence-electron chi connectivity index (χ1n) is 9.43. The summed E-state index contributed by atoms with van der Waals surface area (Å²) < 4.78 is 12.5. The van der Waals surface area contributed by atoms with Crippen LogP contribution in [0, 0.1) is 0 Å². The largest absolute Gasteiger partial charge is 0.506 e. The van der Waals surface area contributed by atoms with Crippen LogP contribution in [0.25, 0.3) is 0 Å². The van der Waals surface area contributed by atoms with E-state index in [0.717, 1.165) is 5.56 Å². The Hall–Kier alpha value is -2.84. The summed E-state index contributed by atoms with van der Waals surface area (Å²) in [6.07, 6.45) is 1.48. The molecule has 0 unspecified atom stereocenters. The summed E-state index contributed by atoms with van der Waals surface area (Å²) in [6.45, 7) is 2.70. The molecule has 0 saturated carbocycles. The van der Waals surface area contributed by atoms with Crippen molar-refractivity contribution in [3.8, 4) is 17.2 Å². The van der Waals surface area contributed by atoms with Crippen molar-refractivity contribution in [1.29, 1.82) is 0 Å². The topological polar surface area (TPSA) is 80.2 Å². The first-order valence-corrected chi connectivity index (χ1v) is 11.0. The Balaban J connectivity index is 1.68. The molecule has 0 heterocycles. The molecule has 0 spiro atoms. The van der Waals surface area contributed by atoms with Crippen molar-refractivity contribution >= 4 is 44.0 Å². The molecule has 8 heteroatoms. The number of benzene rings is 3. The number of ether oxygens (including phenoxy) is 2. The average molecular weight is 548 g/mol. The fourth-order valence-corrected chi connectivity index (χ4v) is 3.88. The van der Waals surface area contributed by atoms with E-state index in [1.165, 1.54) is 6.21 Å². The zero-order chi connectivity index (χ0) is 22.2. The van der Waals surface area contributed by atoms with Gasteiger partial charge < -0.3 is 14.6 Å². The Morgan fingerprint density at radius 2 is 1.74 bits per heavy atom. The second kappa shape index (κ2) is 11.0. The second-order valence-corrected chi connectivity index (χ2v) is 8.11. The van der Waals surface area contributed by atoms with Crippen molar-refractivity contribution in [2.24, 2.45) is 5.10 Å². The molecule has 3 aromatic rings. The lowest BCUT2D eigenvalue weighted by Gasteiger charge is -2.13. The van der Waals surface area contributed by atoms with E-state index >= 15 is 0 Å². The van der Waals surface area contributed by atoms with Gasteiger partial charge in [-0.25, -0.2) is 5.43 Å². The van der Waals surface area contributed by atoms with E-state index in [1.54, 1.807) is 30.3 Å². The van der Waals surface area contributed by atoms with Gasteiger partial charge in [0.1, 0.15) is 12.4 Å². The number of carbonyl (C=O) groups is 1. The van der Waals surface area contributed by atoms with E-state index in [-0.39, 0.29) is 11.7 Å². The van der Waals surface area contributed by atoms with Crippen LogP contribution in [0.15, 0.2) is 74.7 Å². The highest BCUT2D eigenvalue weighted by molar-refractivity contribution is 9.11. The first kappa shape index (κ1) is 22.8. The van der Waals surface area contributed by atoms with Crippen LogP contribution >= 0.6 is 31.9 Å². The van der Waals surface area contributed by atoms with Crippen LogP contribution in [0.1, 0.15) is 28.4 Å². The lowest BCUT2D eigenvalue weighted by molar-refractivity contribution is 0.0954. The molecule has 31 heavy (non-hydrogen) atoms. The zero-order valence-corrected chi connectivity index (χ0v) is 19.8. The first-order chi connectivity index (χ1) is 15.0. The van der Waals surface area contributed by atoms with Gasteiger partial charge in [0, 0.05) is 5.56 Å². The van der Waals surface area contributed by atoms with E-state index < -0.39 is 0 Å². The fourth-order valence-electron chi connectivity index (χ4n) is 2.66. The van der Waals surface area contributed by atoms with E-state index in [1.807, 2.05) is 37.3 Å². The third kappa shape index (κ3) is 6.32. The van der Waals surface area contributed by atoms with Gasteiger partial charge in [0.2, 0.25) is 0 Å². The molecule has 0 fully saturated rings. The maximum Gasteiger partial charge on any atom is 0.271 e. The van der Waals surface area contributed by atoms with Gasteiger partial charge in [-0.15, -0.1) is 0 Å². The molecule has 0 aromatic heterocycles. The number of phenolic OH excluding ortho intramolecular Hbond substituents is 1. The summed E-state index contributed by atoms with van der Waals surface area (Å²) in [5, 5.41) is 13.7. The lowest BCUT2D eigenvalue weighted by atomic mass is 10.2. The van der Waals surface area contributed by atoms with Gasteiger partial charge >= 0.3 is 0 Å². The van der Waals surface area contributed by atoms with Crippen LogP contribution in [0.2, 0.25) is 0 Å². The Morgan fingerprint density at radius 1 is 1.03 bits per heavy atom. The van der Waals surface area contributed by atoms with Gasteiger partial charge in [0.25, 0.3) is 5.91 Å². The van der Waals surface area contributed by atoms with Crippen LogP contribution < -0.4 is 14.9 Å². The third-order valence-electron chi connectivity index (χ3n) is 4.16. The highest BCUT2D eigenvalue weighted by atomic mass is 79.9. The molecule has 3 aromatic carbocycles. The van der Waals surface area contributed by atoms with Crippen molar-refractivity contribution < 1.29 is 19.4 Å². The molecular weight excluding hydrogens is 528 g/mol. The minimum atomic E-state index is -0.385. The van der Waals surface area contributed by atoms with Crippen molar-refractivity contribution in [1.82, 2.24) is 5.43 Å². The minimum Gasteiger partial charge on any atom is -0.506 e. The number of hydrogen-bond donors (Lipinski definition) is 2. The predicted octanol–water partition coefficient (Wildman–Crippen LogP) is 5.66. The normalized spacial score (nSPS) is 10.8. The number of nitrogens with zero attached hydrogens (tertiary/aromatic N) is 1. The van der Waals surface area contributed by atoms with Crippen LogP contribution in [-0.2, 0) is 6.61 Å². The van der Waals surface area contributed by atoms with E-state index in [2.05, 4.69) is 42.4 Å². The van der Waals surface area contributed by atoms with E-state index in [9.17, 15) is 9.90 Å². The van der Waals surface area contributed by atoms with E-state index in [4.69, 9.17) is 9.47 Å². The molecule has 0 atom stereocenters. The number of nitrogens with one attached hydrogen (secondary N) is 1. The van der Waals surface area contributed by atoms with Crippen LogP contribution in [-0.4, -0.2) is 23.8 Å². The summed E-state index contributed by atoms with van der Waals surface area (Å²) in [4.78, 5) is 12.5. The predicted molar refractivity (Wildman–Crippen MR) is 127 cm³/mol. The van der Waals surface area contributed by atoms with E-state index in [0.29, 0.717) is 44.8 Å². The summed E-state index contributed by atoms with van der Waals surface area (Å²) in [5.74, 6) is 0.758. The highest BCUT2D eigenvalue weighted by Crippen LogP contribution is 2.33. The number of phenols is 1. The molecule has 2 N–H and O–H groups in total. The summed E-state index contributed by atoms with van der Waals surface area (Å²) >= 11 is 6.51. The highest BCUT2D eigenvalue weighted by Gasteiger charge is 2.12. The molecule has 0 aliphatic carbocycles.